The number of carbonyl (C=O) groups excluding carboxylic acids is 1. The van der Waals surface area contributed by atoms with Crippen molar-refractivity contribution in [3.05, 3.63) is 81.8 Å². The second-order valence-corrected chi connectivity index (χ2v) is 9.37. The summed E-state index contributed by atoms with van der Waals surface area (Å²) in [5.41, 5.74) is 6.09. The molecule has 2 aromatic heterocycles. The molecular weight excluding hydrogens is 414 g/mol. The molecule has 2 aliphatic rings. The van der Waals surface area contributed by atoms with Crippen molar-refractivity contribution in [1.82, 2.24) is 19.1 Å². The Hall–Kier alpha value is -3.61. The number of fused-ring (bicyclic) bond motifs is 3. The smallest absolute Gasteiger partial charge is 0.326 e. The van der Waals surface area contributed by atoms with Gasteiger partial charge in [-0.2, -0.15) is 0 Å². The Bertz CT molecular complexity index is 1430. The Morgan fingerprint density at radius 3 is 2.97 bits per heavy atom. The average Bonchev–Trinajstić information content (AvgIpc) is 3.41. The minimum Gasteiger partial charge on any atom is -0.367 e. The average molecular weight is 442 g/mol. The number of aryl methyl sites for hydroxylation is 2. The third-order valence-electron chi connectivity index (χ3n) is 7.32. The second-order valence-electron chi connectivity index (χ2n) is 9.37. The lowest BCUT2D eigenvalue weighted by Crippen LogP contribution is -2.30. The van der Waals surface area contributed by atoms with Gasteiger partial charge in [0.15, 0.2) is 5.78 Å². The molecule has 0 amide bonds. The maximum atomic E-state index is 13.1. The number of H-pyrrole nitrogens is 1. The maximum absolute atomic E-state index is 13.1. The van der Waals surface area contributed by atoms with Crippen LogP contribution in [0.1, 0.15) is 40.2 Å². The van der Waals surface area contributed by atoms with E-state index in [1.165, 1.54) is 11.1 Å². The zero-order valence-electron chi connectivity index (χ0n) is 18.8. The highest BCUT2D eigenvalue weighted by molar-refractivity contribution is 5.96. The summed E-state index contributed by atoms with van der Waals surface area (Å²) >= 11 is 0. The van der Waals surface area contributed by atoms with Crippen molar-refractivity contribution < 1.29 is 4.79 Å². The molecule has 0 saturated heterocycles. The van der Waals surface area contributed by atoms with Crippen LogP contribution in [0, 0.1) is 5.92 Å². The zero-order chi connectivity index (χ0) is 22.5. The molecule has 2 aromatic carbocycles. The van der Waals surface area contributed by atoms with Crippen LogP contribution in [0.3, 0.4) is 0 Å². The van der Waals surface area contributed by atoms with Crippen LogP contribution in [0.2, 0.25) is 0 Å². The fourth-order valence-corrected chi connectivity index (χ4v) is 5.33. The van der Waals surface area contributed by atoms with Gasteiger partial charge in [0, 0.05) is 63.2 Å². The molecule has 0 radical (unpaired) electrons. The van der Waals surface area contributed by atoms with Crippen LogP contribution < -0.4 is 10.6 Å². The molecule has 33 heavy (non-hydrogen) atoms. The number of nitrogens with one attached hydrogen (secondary N) is 1. The predicted molar refractivity (Wildman–Crippen MR) is 128 cm³/mol. The first-order valence-corrected chi connectivity index (χ1v) is 11.6. The number of anilines is 1. The largest absolute Gasteiger partial charge is 0.367 e. The summed E-state index contributed by atoms with van der Waals surface area (Å²) in [4.78, 5) is 34.7. The van der Waals surface area contributed by atoms with Gasteiger partial charge in [-0.25, -0.2) is 9.78 Å². The van der Waals surface area contributed by atoms with E-state index in [1.54, 1.807) is 11.6 Å². The van der Waals surface area contributed by atoms with E-state index in [9.17, 15) is 9.59 Å². The molecule has 0 spiro atoms. The Kier molecular flexibility index (Phi) is 4.71. The van der Waals surface area contributed by atoms with Crippen LogP contribution in [-0.2, 0) is 33.0 Å². The van der Waals surface area contributed by atoms with Crippen molar-refractivity contribution in [1.29, 1.82) is 0 Å². The van der Waals surface area contributed by atoms with Crippen LogP contribution >= 0.6 is 0 Å². The molecule has 4 aromatic rings. The predicted octanol–water partition coefficient (Wildman–Crippen LogP) is 3.46. The number of imidazole rings is 2. The lowest BCUT2D eigenvalue weighted by molar-refractivity contribution is 0.0953. The Morgan fingerprint density at radius 1 is 1.15 bits per heavy atom. The van der Waals surface area contributed by atoms with Gasteiger partial charge in [0.05, 0.1) is 11.0 Å². The number of aromatic amines is 1. The van der Waals surface area contributed by atoms with Gasteiger partial charge in [-0.05, 0) is 54.2 Å². The number of Topliss-reactive ketones (excluding diaryl/α,β-unsaturated/α-hetero) is 1. The van der Waals surface area contributed by atoms with Gasteiger partial charge >= 0.3 is 5.69 Å². The summed E-state index contributed by atoms with van der Waals surface area (Å²) in [6, 6.07) is 12.3. The molecule has 0 fully saturated rings. The first kappa shape index (κ1) is 20.0. The quantitative estimate of drug-likeness (QED) is 0.492. The number of aromatic nitrogens is 4. The number of benzene rings is 2. The summed E-state index contributed by atoms with van der Waals surface area (Å²) in [6.07, 6.45) is 7.30. The van der Waals surface area contributed by atoms with E-state index < -0.39 is 0 Å². The number of nitrogens with zero attached hydrogens (tertiary/aromatic N) is 4. The number of ketones is 1. The van der Waals surface area contributed by atoms with E-state index in [0.717, 1.165) is 67.0 Å². The topological polar surface area (TPSA) is 75.9 Å². The third kappa shape index (κ3) is 3.57. The molecule has 1 atom stereocenters. The summed E-state index contributed by atoms with van der Waals surface area (Å²) in [5.74, 6) is 1.68. The third-order valence-corrected chi connectivity index (χ3v) is 7.32. The van der Waals surface area contributed by atoms with E-state index in [-0.39, 0.29) is 11.5 Å². The van der Waals surface area contributed by atoms with Crippen molar-refractivity contribution in [3.8, 4) is 0 Å². The molecule has 4 heterocycles. The molecule has 1 unspecified atom stereocenters. The maximum Gasteiger partial charge on any atom is 0.326 e. The van der Waals surface area contributed by atoms with Crippen molar-refractivity contribution in [2.24, 2.45) is 13.0 Å². The molecule has 7 heteroatoms. The van der Waals surface area contributed by atoms with Gasteiger partial charge in [-0.1, -0.05) is 12.1 Å². The molecule has 0 saturated carbocycles. The van der Waals surface area contributed by atoms with E-state index in [4.69, 9.17) is 0 Å². The highest BCUT2D eigenvalue weighted by Crippen LogP contribution is 2.29. The van der Waals surface area contributed by atoms with Gasteiger partial charge < -0.3 is 14.5 Å². The van der Waals surface area contributed by atoms with Crippen molar-refractivity contribution in [2.45, 2.75) is 38.8 Å². The van der Waals surface area contributed by atoms with E-state index in [1.807, 2.05) is 24.5 Å². The highest BCUT2D eigenvalue weighted by Gasteiger charge is 2.24. The lowest BCUT2D eigenvalue weighted by atomic mass is 9.89. The Balaban J connectivity index is 1.20. The van der Waals surface area contributed by atoms with Gasteiger partial charge in [-0.15, -0.1) is 0 Å². The number of hydrogen-bond donors (Lipinski definition) is 1. The molecule has 1 N–H and O–H groups in total. The first-order valence-electron chi connectivity index (χ1n) is 11.6. The van der Waals surface area contributed by atoms with Gasteiger partial charge in [-0.3, -0.25) is 9.36 Å². The van der Waals surface area contributed by atoms with E-state index in [2.05, 4.69) is 43.7 Å². The van der Waals surface area contributed by atoms with Crippen LogP contribution in [0.15, 0.2) is 53.6 Å². The number of hydrogen-bond acceptors (Lipinski definition) is 4. The number of rotatable bonds is 4. The molecule has 7 nitrogen and oxygen atoms in total. The Labute approximate surface area is 191 Å². The highest BCUT2D eigenvalue weighted by atomic mass is 16.1. The van der Waals surface area contributed by atoms with Crippen LogP contribution in [-0.4, -0.2) is 31.4 Å². The molecule has 168 valence electrons. The molecule has 6 rings (SSSR count). The molecule has 0 aliphatic carbocycles. The van der Waals surface area contributed by atoms with Gasteiger partial charge in [0.2, 0.25) is 0 Å². The lowest BCUT2D eigenvalue weighted by Gasteiger charge is -2.31. The summed E-state index contributed by atoms with van der Waals surface area (Å²) in [7, 11) is 1.79. The van der Waals surface area contributed by atoms with Crippen LogP contribution in [0.5, 0.6) is 0 Å². The van der Waals surface area contributed by atoms with Crippen LogP contribution in [0.4, 0.5) is 5.69 Å². The second kappa shape index (κ2) is 7.76. The van der Waals surface area contributed by atoms with Crippen molar-refractivity contribution in [3.63, 3.8) is 0 Å². The monoisotopic (exact) mass is 441 g/mol. The summed E-state index contributed by atoms with van der Waals surface area (Å²) in [5, 5.41) is 0. The zero-order valence-corrected chi connectivity index (χ0v) is 18.8. The standard InChI is InChI=1S/C26H27N5O2/c1-29-23-15-21(4-5-22(23)28-26(29)33)31-10-7-18-2-3-19(14-20(18)16-31)24(32)12-17-6-9-30-11-8-27-25(30)13-17/h2-5,8,11,14-15,17H,6-7,9-10,12-13,16H2,1H3,(H,28,33). The molecule has 0 bridgehead atoms. The van der Waals surface area contributed by atoms with Crippen molar-refractivity contribution >= 4 is 22.5 Å². The fraction of sp³-hybridized carbons (Fsp3) is 0.346. The SMILES string of the molecule is Cn1c(=O)[nH]c2ccc(N3CCc4ccc(C(=O)CC5CCn6ccnc6C5)cc4C3)cc21. The van der Waals surface area contributed by atoms with Crippen LogP contribution in [0.25, 0.3) is 11.0 Å². The number of carbonyl (C=O) groups is 1. The summed E-state index contributed by atoms with van der Waals surface area (Å²) in [6.45, 7) is 2.63. The van der Waals surface area contributed by atoms with Crippen molar-refractivity contribution in [2.75, 3.05) is 11.4 Å². The normalized spacial score (nSPS) is 17.7. The first-order chi connectivity index (χ1) is 16.0. The fourth-order valence-electron chi connectivity index (χ4n) is 5.33. The van der Waals surface area contributed by atoms with Gasteiger partial charge in [0.25, 0.3) is 0 Å². The molecular formula is C26H27N5O2. The van der Waals surface area contributed by atoms with E-state index >= 15 is 0 Å². The van der Waals surface area contributed by atoms with E-state index in [0.29, 0.717) is 12.3 Å². The minimum atomic E-state index is -0.101. The van der Waals surface area contributed by atoms with Gasteiger partial charge in [0.1, 0.15) is 5.82 Å². The molecule has 2 aliphatic heterocycles. The minimum absolute atomic E-state index is 0.101. The summed E-state index contributed by atoms with van der Waals surface area (Å²) < 4.78 is 3.84. The Morgan fingerprint density at radius 2 is 2.06 bits per heavy atom.